The van der Waals surface area contributed by atoms with Crippen molar-refractivity contribution < 1.29 is 4.74 Å². The van der Waals surface area contributed by atoms with Gasteiger partial charge in [0.05, 0.1) is 5.60 Å². The third-order valence-corrected chi connectivity index (χ3v) is 3.89. The number of methoxy groups -OCH3 is 1. The topological polar surface area (TPSA) is 21.3 Å². The fraction of sp³-hybridized carbons (Fsp3) is 0.857. The van der Waals surface area contributed by atoms with Gasteiger partial charge in [-0.2, -0.15) is 0 Å². The van der Waals surface area contributed by atoms with Crippen LogP contribution in [0, 0.1) is 0 Å². The monoisotopic (exact) mass is 225 g/mol. The van der Waals surface area contributed by atoms with Crippen molar-refractivity contribution in [3.63, 3.8) is 0 Å². The molecule has 0 aromatic carbocycles. The van der Waals surface area contributed by atoms with Gasteiger partial charge in [-0.25, -0.2) is 0 Å². The van der Waals surface area contributed by atoms with E-state index in [2.05, 4.69) is 18.8 Å². The van der Waals surface area contributed by atoms with Gasteiger partial charge in [0.15, 0.2) is 0 Å². The van der Waals surface area contributed by atoms with Crippen molar-refractivity contribution in [2.75, 3.05) is 14.2 Å². The van der Waals surface area contributed by atoms with E-state index in [4.69, 9.17) is 4.74 Å². The lowest BCUT2D eigenvalue weighted by Crippen LogP contribution is -2.50. The standard InChI is InChI=1S/C14H27NO/c1-12(2)11-13(15-3)14(16-4)9-7-5-6-8-10-14/h13,15H,1,5-11H2,2-4H3. The van der Waals surface area contributed by atoms with Crippen LogP contribution in [0.5, 0.6) is 0 Å². The zero-order valence-corrected chi connectivity index (χ0v) is 11.1. The Morgan fingerprint density at radius 2 is 1.88 bits per heavy atom. The lowest BCUT2D eigenvalue weighted by atomic mass is 9.83. The van der Waals surface area contributed by atoms with E-state index in [0.717, 1.165) is 6.42 Å². The molecule has 0 aromatic heterocycles. The third kappa shape index (κ3) is 3.33. The molecule has 1 atom stereocenters. The molecule has 1 aliphatic carbocycles. The summed E-state index contributed by atoms with van der Waals surface area (Å²) < 4.78 is 5.91. The fourth-order valence-corrected chi connectivity index (χ4v) is 2.92. The molecular weight excluding hydrogens is 198 g/mol. The van der Waals surface area contributed by atoms with Crippen molar-refractivity contribution in [1.82, 2.24) is 5.32 Å². The lowest BCUT2D eigenvalue weighted by molar-refractivity contribution is -0.0508. The number of ether oxygens (including phenoxy) is 1. The number of nitrogens with one attached hydrogen (secondary N) is 1. The summed E-state index contributed by atoms with van der Waals surface area (Å²) in [6, 6.07) is 0.410. The molecule has 0 amide bonds. The van der Waals surface area contributed by atoms with Gasteiger partial charge in [-0.15, -0.1) is 6.58 Å². The van der Waals surface area contributed by atoms with E-state index in [9.17, 15) is 0 Å². The zero-order chi connectivity index (χ0) is 12.0. The van der Waals surface area contributed by atoms with Crippen molar-refractivity contribution in [1.29, 1.82) is 0 Å². The van der Waals surface area contributed by atoms with Crippen LogP contribution in [0.15, 0.2) is 12.2 Å². The first-order valence-electron chi connectivity index (χ1n) is 6.51. The molecule has 2 nitrogen and oxygen atoms in total. The van der Waals surface area contributed by atoms with Crippen molar-refractivity contribution in [3.05, 3.63) is 12.2 Å². The normalized spacial score (nSPS) is 22.4. The number of hydrogen-bond acceptors (Lipinski definition) is 2. The molecule has 1 unspecified atom stereocenters. The minimum atomic E-state index is 0.0319. The van der Waals surface area contributed by atoms with E-state index in [1.54, 1.807) is 0 Å². The molecule has 1 N–H and O–H groups in total. The Labute approximate surface area is 100 Å². The maximum absolute atomic E-state index is 5.91. The summed E-state index contributed by atoms with van der Waals surface area (Å²) in [6.07, 6.45) is 8.68. The smallest absolute Gasteiger partial charge is 0.0834 e. The van der Waals surface area contributed by atoms with E-state index in [1.807, 2.05) is 14.2 Å². The highest BCUT2D eigenvalue weighted by molar-refractivity contribution is 5.02. The van der Waals surface area contributed by atoms with Gasteiger partial charge in [0, 0.05) is 13.2 Å². The molecular formula is C14H27NO. The Bertz CT molecular complexity index is 217. The van der Waals surface area contributed by atoms with Crippen LogP contribution in [0.3, 0.4) is 0 Å². The van der Waals surface area contributed by atoms with Crippen molar-refractivity contribution in [2.24, 2.45) is 0 Å². The van der Waals surface area contributed by atoms with E-state index in [1.165, 1.54) is 44.1 Å². The van der Waals surface area contributed by atoms with Crippen LogP contribution in [-0.2, 0) is 4.74 Å². The predicted molar refractivity (Wildman–Crippen MR) is 69.7 cm³/mol. The minimum absolute atomic E-state index is 0.0319. The second kappa shape index (κ2) is 6.41. The van der Waals surface area contributed by atoms with Crippen LogP contribution >= 0.6 is 0 Å². The van der Waals surface area contributed by atoms with Crippen molar-refractivity contribution >= 4 is 0 Å². The van der Waals surface area contributed by atoms with E-state index < -0.39 is 0 Å². The van der Waals surface area contributed by atoms with E-state index in [-0.39, 0.29) is 5.60 Å². The quantitative estimate of drug-likeness (QED) is 0.572. The van der Waals surface area contributed by atoms with Crippen molar-refractivity contribution in [2.45, 2.75) is 63.5 Å². The molecule has 0 saturated heterocycles. The summed E-state index contributed by atoms with van der Waals surface area (Å²) in [4.78, 5) is 0. The highest BCUT2D eigenvalue weighted by atomic mass is 16.5. The summed E-state index contributed by atoms with van der Waals surface area (Å²) in [7, 11) is 3.91. The van der Waals surface area contributed by atoms with Crippen molar-refractivity contribution in [3.8, 4) is 0 Å². The molecule has 16 heavy (non-hydrogen) atoms. The molecule has 0 spiro atoms. The third-order valence-electron chi connectivity index (χ3n) is 3.89. The molecule has 1 saturated carbocycles. The first-order valence-corrected chi connectivity index (χ1v) is 6.51. The Morgan fingerprint density at radius 3 is 2.25 bits per heavy atom. The number of likely N-dealkylation sites (N-methyl/N-ethyl adjacent to an activating group) is 1. The predicted octanol–water partition coefficient (Wildman–Crippen LogP) is 3.28. The largest absolute Gasteiger partial charge is 0.377 e. The lowest BCUT2D eigenvalue weighted by Gasteiger charge is -2.39. The maximum Gasteiger partial charge on any atom is 0.0834 e. The highest BCUT2D eigenvalue weighted by Gasteiger charge is 2.38. The number of hydrogen-bond donors (Lipinski definition) is 1. The Hall–Kier alpha value is -0.340. The van der Waals surface area contributed by atoms with Gasteiger partial charge in [-0.1, -0.05) is 31.3 Å². The summed E-state index contributed by atoms with van der Waals surface area (Å²) in [6.45, 7) is 6.13. The van der Waals surface area contributed by atoms with Gasteiger partial charge in [0.2, 0.25) is 0 Å². The van der Waals surface area contributed by atoms with Crippen LogP contribution in [0.4, 0.5) is 0 Å². The molecule has 0 heterocycles. The molecule has 1 rings (SSSR count). The van der Waals surface area contributed by atoms with E-state index in [0.29, 0.717) is 6.04 Å². The second-order valence-electron chi connectivity index (χ2n) is 5.19. The van der Waals surface area contributed by atoms with Crippen LogP contribution in [0.2, 0.25) is 0 Å². The SMILES string of the molecule is C=C(C)CC(NC)C1(OC)CCCCCC1. The second-order valence-corrected chi connectivity index (χ2v) is 5.19. The molecule has 0 radical (unpaired) electrons. The molecule has 2 heteroatoms. The Balaban J connectivity index is 2.76. The first kappa shape index (κ1) is 13.7. The van der Waals surface area contributed by atoms with Gasteiger partial charge in [0.1, 0.15) is 0 Å². The maximum atomic E-state index is 5.91. The minimum Gasteiger partial charge on any atom is -0.377 e. The Morgan fingerprint density at radius 1 is 1.31 bits per heavy atom. The number of rotatable bonds is 5. The zero-order valence-electron chi connectivity index (χ0n) is 11.1. The van der Waals surface area contributed by atoms with Gasteiger partial charge in [0.25, 0.3) is 0 Å². The molecule has 1 fully saturated rings. The average Bonchev–Trinajstić information content (AvgIpc) is 2.51. The van der Waals surface area contributed by atoms with Crippen LogP contribution in [0.1, 0.15) is 51.9 Å². The molecule has 94 valence electrons. The van der Waals surface area contributed by atoms with E-state index >= 15 is 0 Å². The van der Waals surface area contributed by atoms with Crippen LogP contribution in [0.25, 0.3) is 0 Å². The van der Waals surface area contributed by atoms with Crippen LogP contribution in [-0.4, -0.2) is 25.8 Å². The summed E-state index contributed by atoms with van der Waals surface area (Å²) in [5.41, 5.74) is 1.27. The first-order chi connectivity index (χ1) is 7.64. The summed E-state index contributed by atoms with van der Waals surface area (Å²) in [5, 5.41) is 3.44. The Kier molecular flexibility index (Phi) is 5.50. The fourth-order valence-electron chi connectivity index (χ4n) is 2.92. The van der Waals surface area contributed by atoms with Gasteiger partial charge < -0.3 is 10.1 Å². The van der Waals surface area contributed by atoms with Gasteiger partial charge in [-0.3, -0.25) is 0 Å². The molecule has 0 aliphatic heterocycles. The summed E-state index contributed by atoms with van der Waals surface area (Å²) >= 11 is 0. The molecule has 0 aromatic rings. The molecule has 1 aliphatic rings. The van der Waals surface area contributed by atoms with Gasteiger partial charge >= 0.3 is 0 Å². The van der Waals surface area contributed by atoms with Crippen LogP contribution < -0.4 is 5.32 Å². The highest BCUT2D eigenvalue weighted by Crippen LogP contribution is 2.34. The average molecular weight is 225 g/mol. The summed E-state index contributed by atoms with van der Waals surface area (Å²) in [5.74, 6) is 0. The van der Waals surface area contributed by atoms with Gasteiger partial charge in [-0.05, 0) is 33.2 Å². The molecule has 0 bridgehead atoms.